The topological polar surface area (TPSA) is 62.7 Å². The number of carbonyl (C=O) groups excluding carboxylic acids is 2. The van der Waals surface area contributed by atoms with E-state index in [0.29, 0.717) is 18.7 Å². The van der Waals surface area contributed by atoms with Crippen molar-refractivity contribution >= 4 is 12.0 Å². The molecule has 1 fully saturated rings. The number of rotatable bonds is 1. The third-order valence-corrected chi connectivity index (χ3v) is 3.72. The summed E-state index contributed by atoms with van der Waals surface area (Å²) in [7, 11) is 0. The molecule has 126 valence electrons. The van der Waals surface area contributed by atoms with Gasteiger partial charge >= 0.3 is 6.09 Å². The lowest BCUT2D eigenvalue weighted by Crippen LogP contribution is -2.60. The van der Waals surface area contributed by atoms with Gasteiger partial charge in [0, 0.05) is 25.5 Å². The number of hydrogen-bond donors (Lipinski definition) is 0. The zero-order valence-electron chi connectivity index (χ0n) is 14.4. The van der Waals surface area contributed by atoms with E-state index in [1.807, 2.05) is 34.6 Å². The van der Waals surface area contributed by atoms with Crippen LogP contribution in [0.25, 0.3) is 0 Å². The maximum absolute atomic E-state index is 12.5. The Morgan fingerprint density at radius 2 is 1.83 bits per heavy atom. The molecule has 1 aromatic rings. The summed E-state index contributed by atoms with van der Waals surface area (Å²) < 4.78 is 5.47. The fraction of sp³-hybridized carbons (Fsp3) is 0.588. The second-order valence-electron chi connectivity index (χ2n) is 7.04. The summed E-state index contributed by atoms with van der Waals surface area (Å²) in [5.41, 5.74) is 0.0387. The van der Waals surface area contributed by atoms with Gasteiger partial charge in [-0.05, 0) is 46.8 Å². The summed E-state index contributed by atoms with van der Waals surface area (Å²) in [6, 6.07) is 3.30. The third kappa shape index (κ3) is 4.21. The summed E-state index contributed by atoms with van der Waals surface area (Å²) >= 11 is 0. The predicted molar refractivity (Wildman–Crippen MR) is 87.1 cm³/mol. The van der Waals surface area contributed by atoms with Crippen molar-refractivity contribution in [2.45, 2.75) is 52.3 Å². The van der Waals surface area contributed by atoms with Crippen LogP contribution in [0, 0.1) is 0 Å². The average molecular weight is 319 g/mol. The van der Waals surface area contributed by atoms with Gasteiger partial charge in [-0.3, -0.25) is 14.7 Å². The van der Waals surface area contributed by atoms with Crippen LogP contribution in [0.4, 0.5) is 4.79 Å². The van der Waals surface area contributed by atoms with Gasteiger partial charge in [-0.2, -0.15) is 0 Å². The lowest BCUT2D eigenvalue weighted by atomic mass is 10.1. The second-order valence-corrected chi connectivity index (χ2v) is 7.04. The number of amides is 2. The molecule has 6 nitrogen and oxygen atoms in total. The minimum Gasteiger partial charge on any atom is -0.444 e. The monoisotopic (exact) mass is 319 g/mol. The van der Waals surface area contributed by atoms with Crippen molar-refractivity contribution in [1.82, 2.24) is 14.8 Å². The standard InChI is InChI=1S/C17H25N3O3/c1-12-10-19(15(21)14-7-6-8-18-9-14)11-13(2)20(12)16(22)23-17(3,4)5/h6-9,12-13H,10-11H2,1-5H3/t12-,13-/m1/s1. The molecule has 0 aliphatic carbocycles. The summed E-state index contributed by atoms with van der Waals surface area (Å²) in [5.74, 6) is -0.0550. The predicted octanol–water partition coefficient (Wildman–Crippen LogP) is 2.55. The van der Waals surface area contributed by atoms with Crippen LogP contribution < -0.4 is 0 Å². The van der Waals surface area contributed by atoms with E-state index in [4.69, 9.17) is 4.74 Å². The molecule has 0 radical (unpaired) electrons. The normalized spacial score (nSPS) is 22.0. The molecular formula is C17H25N3O3. The van der Waals surface area contributed by atoms with Crippen molar-refractivity contribution in [2.24, 2.45) is 0 Å². The first-order chi connectivity index (χ1) is 10.7. The molecule has 2 heterocycles. The van der Waals surface area contributed by atoms with E-state index in [-0.39, 0.29) is 24.1 Å². The molecule has 0 N–H and O–H groups in total. The van der Waals surface area contributed by atoms with Crippen LogP contribution in [-0.4, -0.2) is 57.6 Å². The largest absolute Gasteiger partial charge is 0.444 e. The van der Waals surface area contributed by atoms with Crippen molar-refractivity contribution in [1.29, 1.82) is 0 Å². The first-order valence-corrected chi connectivity index (χ1v) is 7.89. The molecular weight excluding hydrogens is 294 g/mol. The van der Waals surface area contributed by atoms with Gasteiger partial charge in [0.15, 0.2) is 0 Å². The van der Waals surface area contributed by atoms with E-state index in [0.717, 1.165) is 0 Å². The number of nitrogens with zero attached hydrogens (tertiary/aromatic N) is 3. The number of pyridine rings is 1. The van der Waals surface area contributed by atoms with Gasteiger partial charge in [-0.25, -0.2) is 4.79 Å². The maximum Gasteiger partial charge on any atom is 0.410 e. The molecule has 6 heteroatoms. The van der Waals surface area contributed by atoms with Crippen LogP contribution >= 0.6 is 0 Å². The SMILES string of the molecule is C[C@@H]1CN(C(=O)c2cccnc2)C[C@@H](C)N1C(=O)OC(C)(C)C. The summed E-state index contributed by atoms with van der Waals surface area (Å²) in [6.45, 7) is 10.4. The molecule has 0 spiro atoms. The van der Waals surface area contributed by atoms with E-state index in [2.05, 4.69) is 4.98 Å². The van der Waals surface area contributed by atoms with Crippen molar-refractivity contribution < 1.29 is 14.3 Å². The highest BCUT2D eigenvalue weighted by atomic mass is 16.6. The molecule has 23 heavy (non-hydrogen) atoms. The van der Waals surface area contributed by atoms with Gasteiger partial charge in [0.25, 0.3) is 5.91 Å². The van der Waals surface area contributed by atoms with Gasteiger partial charge in [0.1, 0.15) is 5.60 Å². The Morgan fingerprint density at radius 3 is 2.30 bits per heavy atom. The Hall–Kier alpha value is -2.11. The lowest BCUT2D eigenvalue weighted by Gasteiger charge is -2.44. The van der Waals surface area contributed by atoms with Crippen LogP contribution in [0.5, 0.6) is 0 Å². The molecule has 1 aliphatic heterocycles. The van der Waals surface area contributed by atoms with Crippen LogP contribution in [0.1, 0.15) is 45.0 Å². The molecule has 0 bridgehead atoms. The minimum absolute atomic E-state index is 0.0550. The third-order valence-electron chi connectivity index (χ3n) is 3.72. The quantitative estimate of drug-likeness (QED) is 0.798. The van der Waals surface area contributed by atoms with Crippen LogP contribution in [-0.2, 0) is 4.74 Å². The zero-order valence-corrected chi connectivity index (χ0v) is 14.4. The van der Waals surface area contributed by atoms with E-state index in [1.54, 1.807) is 34.3 Å². The van der Waals surface area contributed by atoms with E-state index >= 15 is 0 Å². The van der Waals surface area contributed by atoms with Crippen molar-refractivity contribution in [3.8, 4) is 0 Å². The number of ether oxygens (including phenoxy) is 1. The lowest BCUT2D eigenvalue weighted by molar-refractivity contribution is -0.0129. The molecule has 1 aromatic heterocycles. The van der Waals surface area contributed by atoms with Gasteiger partial charge in [-0.1, -0.05) is 0 Å². The Morgan fingerprint density at radius 1 is 1.22 bits per heavy atom. The van der Waals surface area contributed by atoms with Gasteiger partial charge < -0.3 is 9.64 Å². The van der Waals surface area contributed by atoms with Gasteiger partial charge in [0.05, 0.1) is 17.6 Å². The summed E-state index contributed by atoms with van der Waals surface area (Å²) in [4.78, 5) is 32.4. The van der Waals surface area contributed by atoms with E-state index < -0.39 is 5.60 Å². The van der Waals surface area contributed by atoms with Crippen LogP contribution in [0.2, 0.25) is 0 Å². The molecule has 2 atom stereocenters. The molecule has 2 amide bonds. The highest BCUT2D eigenvalue weighted by Crippen LogP contribution is 2.21. The van der Waals surface area contributed by atoms with Gasteiger partial charge in [-0.15, -0.1) is 0 Å². The summed E-state index contributed by atoms with van der Waals surface area (Å²) in [6.07, 6.45) is 2.88. The Balaban J connectivity index is 2.07. The highest BCUT2D eigenvalue weighted by molar-refractivity contribution is 5.94. The van der Waals surface area contributed by atoms with Gasteiger partial charge in [0.2, 0.25) is 0 Å². The van der Waals surface area contributed by atoms with Crippen LogP contribution in [0.3, 0.4) is 0 Å². The Labute approximate surface area is 137 Å². The number of hydrogen-bond acceptors (Lipinski definition) is 4. The zero-order chi connectivity index (χ0) is 17.2. The van der Waals surface area contributed by atoms with Crippen molar-refractivity contribution in [3.63, 3.8) is 0 Å². The molecule has 2 rings (SSSR count). The fourth-order valence-corrected chi connectivity index (χ4v) is 2.83. The van der Waals surface area contributed by atoms with Crippen LogP contribution in [0.15, 0.2) is 24.5 Å². The smallest absolute Gasteiger partial charge is 0.410 e. The average Bonchev–Trinajstić information content (AvgIpc) is 2.44. The Bertz CT molecular complexity index is 556. The molecule has 1 saturated heterocycles. The maximum atomic E-state index is 12.5. The first kappa shape index (κ1) is 17.2. The first-order valence-electron chi connectivity index (χ1n) is 7.89. The molecule has 0 aromatic carbocycles. The second kappa shape index (κ2) is 6.56. The minimum atomic E-state index is -0.529. The number of piperazine rings is 1. The molecule has 0 saturated carbocycles. The highest BCUT2D eigenvalue weighted by Gasteiger charge is 2.37. The van der Waals surface area contributed by atoms with E-state index in [1.165, 1.54) is 0 Å². The summed E-state index contributed by atoms with van der Waals surface area (Å²) in [5, 5.41) is 0. The Kier molecular flexibility index (Phi) is 4.92. The number of aromatic nitrogens is 1. The fourth-order valence-electron chi connectivity index (χ4n) is 2.83. The van der Waals surface area contributed by atoms with E-state index in [9.17, 15) is 9.59 Å². The number of carbonyl (C=O) groups is 2. The molecule has 0 unspecified atom stereocenters. The van der Waals surface area contributed by atoms with Crippen molar-refractivity contribution in [2.75, 3.05) is 13.1 Å². The van der Waals surface area contributed by atoms with Crippen molar-refractivity contribution in [3.05, 3.63) is 30.1 Å². The molecule has 1 aliphatic rings.